The van der Waals surface area contributed by atoms with E-state index >= 15 is 0 Å². The van der Waals surface area contributed by atoms with E-state index in [-0.39, 0.29) is 26.9 Å². The summed E-state index contributed by atoms with van der Waals surface area (Å²) < 4.78 is 36.8. The molecule has 1 aromatic heterocycles. The van der Waals surface area contributed by atoms with E-state index in [9.17, 15) is 22.4 Å². The van der Waals surface area contributed by atoms with Gasteiger partial charge in [-0.1, -0.05) is 17.7 Å². The molecule has 8 nitrogen and oxygen atoms in total. The lowest BCUT2D eigenvalue weighted by Crippen LogP contribution is -2.11. The highest BCUT2D eigenvalue weighted by Crippen LogP contribution is 2.23. The summed E-state index contributed by atoms with van der Waals surface area (Å²) in [4.78, 5) is 21.8. The highest BCUT2D eigenvalue weighted by molar-refractivity contribution is 7.90. The molecule has 0 aliphatic rings. The Labute approximate surface area is 192 Å². The molecular weight excluding hydrogens is 473 g/mol. The van der Waals surface area contributed by atoms with Crippen molar-refractivity contribution < 1.29 is 27.5 Å². The lowest BCUT2D eigenvalue weighted by atomic mass is 10.1. The number of halogens is 2. The van der Waals surface area contributed by atoms with Gasteiger partial charge in [0.2, 0.25) is 5.91 Å². The predicted molar refractivity (Wildman–Crippen MR) is 121 cm³/mol. The molecule has 0 radical (unpaired) electrons. The minimum Gasteiger partial charge on any atom is -0.478 e. The Morgan fingerprint density at radius 3 is 2.30 bits per heavy atom. The SMILES string of the molecule is CS(=O)(=O)c1ccc(C(N)=O)cc1Cl.O=C(O)c1cccc2c1cnn2-c1ccc(F)cc1. The van der Waals surface area contributed by atoms with E-state index < -0.39 is 21.7 Å². The quantitative estimate of drug-likeness (QED) is 0.449. The first-order valence-corrected chi connectivity index (χ1v) is 11.5. The minimum atomic E-state index is -3.36. The molecule has 0 saturated carbocycles. The topological polar surface area (TPSA) is 132 Å². The zero-order valence-corrected chi connectivity index (χ0v) is 18.6. The van der Waals surface area contributed by atoms with Crippen molar-refractivity contribution in [3.05, 3.63) is 88.8 Å². The van der Waals surface area contributed by atoms with E-state index in [1.165, 1.54) is 42.6 Å². The Morgan fingerprint density at radius 2 is 1.76 bits per heavy atom. The number of primary amides is 1. The van der Waals surface area contributed by atoms with Crippen LogP contribution in [0.25, 0.3) is 16.6 Å². The van der Waals surface area contributed by atoms with Gasteiger partial charge < -0.3 is 10.8 Å². The number of nitrogens with two attached hydrogens (primary N) is 1. The Kier molecular flexibility index (Phi) is 6.80. The molecule has 4 rings (SSSR count). The zero-order valence-electron chi connectivity index (χ0n) is 17.1. The molecule has 0 fully saturated rings. The molecule has 3 N–H and O–H groups in total. The summed E-state index contributed by atoms with van der Waals surface area (Å²) in [7, 11) is -3.36. The molecule has 0 bridgehead atoms. The molecule has 33 heavy (non-hydrogen) atoms. The van der Waals surface area contributed by atoms with Crippen LogP contribution in [0.3, 0.4) is 0 Å². The maximum atomic E-state index is 12.9. The van der Waals surface area contributed by atoms with E-state index in [0.29, 0.717) is 16.6 Å². The van der Waals surface area contributed by atoms with Crippen LogP contribution >= 0.6 is 11.6 Å². The van der Waals surface area contributed by atoms with Crippen LogP contribution in [-0.2, 0) is 9.84 Å². The smallest absolute Gasteiger partial charge is 0.336 e. The molecule has 170 valence electrons. The molecule has 3 aromatic carbocycles. The van der Waals surface area contributed by atoms with Gasteiger partial charge in [-0.05, 0) is 54.6 Å². The third-order valence-corrected chi connectivity index (χ3v) is 6.11. The third kappa shape index (κ3) is 5.36. The Balaban J connectivity index is 0.000000196. The summed E-state index contributed by atoms with van der Waals surface area (Å²) in [5.41, 5.74) is 6.73. The van der Waals surface area contributed by atoms with Gasteiger partial charge in [-0.3, -0.25) is 4.79 Å². The minimum absolute atomic E-state index is 0.00352. The van der Waals surface area contributed by atoms with Gasteiger partial charge in [0.15, 0.2) is 9.84 Å². The van der Waals surface area contributed by atoms with Crippen molar-refractivity contribution >= 4 is 44.2 Å². The number of fused-ring (bicyclic) bond motifs is 1. The average Bonchev–Trinajstić information content (AvgIpc) is 3.18. The van der Waals surface area contributed by atoms with Crippen molar-refractivity contribution in [2.24, 2.45) is 5.73 Å². The van der Waals surface area contributed by atoms with E-state index in [1.54, 1.807) is 28.9 Å². The number of sulfone groups is 1. The number of carbonyl (C=O) groups is 2. The van der Waals surface area contributed by atoms with Crippen LogP contribution in [0.1, 0.15) is 20.7 Å². The summed E-state index contributed by atoms with van der Waals surface area (Å²) in [6.07, 6.45) is 2.54. The second-order valence-electron chi connectivity index (χ2n) is 6.86. The van der Waals surface area contributed by atoms with Crippen molar-refractivity contribution in [3.63, 3.8) is 0 Å². The fraction of sp³-hybridized carbons (Fsp3) is 0.0455. The third-order valence-electron chi connectivity index (χ3n) is 4.53. The molecule has 0 aliphatic carbocycles. The number of carboxylic acids is 1. The molecule has 0 unspecified atom stereocenters. The Bertz CT molecular complexity index is 1470. The number of nitrogens with zero attached hydrogens (tertiary/aromatic N) is 2. The molecule has 11 heteroatoms. The number of carboxylic acid groups (broad SMARTS) is 1. The Hall–Kier alpha value is -3.76. The van der Waals surface area contributed by atoms with Crippen LogP contribution in [0.2, 0.25) is 5.02 Å². The number of amides is 1. The average molecular weight is 490 g/mol. The van der Waals surface area contributed by atoms with E-state index in [2.05, 4.69) is 5.10 Å². The van der Waals surface area contributed by atoms with Crippen molar-refractivity contribution in [1.29, 1.82) is 0 Å². The fourth-order valence-corrected chi connectivity index (χ4v) is 4.31. The van der Waals surface area contributed by atoms with Crippen LogP contribution in [0, 0.1) is 5.82 Å². The van der Waals surface area contributed by atoms with Gasteiger partial charge in [-0.15, -0.1) is 0 Å². The van der Waals surface area contributed by atoms with Gasteiger partial charge in [0.1, 0.15) is 5.82 Å². The molecule has 4 aromatic rings. The highest BCUT2D eigenvalue weighted by Gasteiger charge is 2.14. The van der Waals surface area contributed by atoms with E-state index in [0.717, 1.165) is 6.26 Å². The lowest BCUT2D eigenvalue weighted by Gasteiger charge is -2.03. The summed E-state index contributed by atoms with van der Waals surface area (Å²) in [5.74, 6) is -1.97. The van der Waals surface area contributed by atoms with E-state index in [1.807, 2.05) is 0 Å². The number of carbonyl (C=O) groups excluding carboxylic acids is 1. The van der Waals surface area contributed by atoms with Gasteiger partial charge in [0, 0.05) is 17.2 Å². The Morgan fingerprint density at radius 1 is 1.09 bits per heavy atom. The summed E-state index contributed by atoms with van der Waals surface area (Å²) in [6, 6.07) is 14.6. The first-order valence-electron chi connectivity index (χ1n) is 9.24. The molecule has 0 aliphatic heterocycles. The highest BCUT2D eigenvalue weighted by atomic mass is 35.5. The first-order chi connectivity index (χ1) is 15.5. The molecule has 1 heterocycles. The van der Waals surface area contributed by atoms with Gasteiger partial charge in [0.25, 0.3) is 0 Å². The first kappa shape index (κ1) is 23.9. The van der Waals surface area contributed by atoms with Gasteiger partial charge in [-0.2, -0.15) is 5.10 Å². The van der Waals surface area contributed by atoms with Crippen molar-refractivity contribution in [2.75, 3.05) is 6.26 Å². The summed E-state index contributed by atoms with van der Waals surface area (Å²) in [6.45, 7) is 0. The van der Waals surface area contributed by atoms with E-state index in [4.69, 9.17) is 22.4 Å². The van der Waals surface area contributed by atoms with Gasteiger partial charge >= 0.3 is 5.97 Å². The maximum absolute atomic E-state index is 12.9. The van der Waals surface area contributed by atoms with Crippen LogP contribution in [-0.4, -0.2) is 41.4 Å². The van der Waals surface area contributed by atoms with Crippen LogP contribution < -0.4 is 5.73 Å². The van der Waals surface area contributed by atoms with Crippen molar-refractivity contribution in [3.8, 4) is 5.69 Å². The predicted octanol–water partition coefficient (Wildman–Crippen LogP) is 3.71. The van der Waals surface area contributed by atoms with Crippen LogP contribution in [0.4, 0.5) is 4.39 Å². The number of rotatable bonds is 4. The normalized spacial score (nSPS) is 11.0. The van der Waals surface area contributed by atoms with Crippen molar-refractivity contribution in [2.45, 2.75) is 4.90 Å². The molecule has 0 spiro atoms. The maximum Gasteiger partial charge on any atom is 0.336 e. The molecule has 0 atom stereocenters. The van der Waals surface area contributed by atoms with Crippen LogP contribution in [0.15, 0.2) is 71.8 Å². The number of aromatic nitrogens is 2. The van der Waals surface area contributed by atoms with Crippen LogP contribution in [0.5, 0.6) is 0 Å². The standard InChI is InChI=1S/C14H9FN2O2.C8H8ClNO3S/c15-9-4-6-10(7-5-9)17-13-3-1-2-11(14(18)19)12(13)8-16-17;1-14(12,13)7-3-2-5(8(10)11)4-6(7)9/h1-8H,(H,18,19);2-4H,1H3,(H2,10,11). The van der Waals surface area contributed by atoms with Gasteiger partial charge in [-0.25, -0.2) is 22.3 Å². The lowest BCUT2D eigenvalue weighted by molar-refractivity contribution is 0.0698. The zero-order chi connectivity index (χ0) is 24.3. The largest absolute Gasteiger partial charge is 0.478 e. The number of benzene rings is 3. The van der Waals surface area contributed by atoms with Crippen molar-refractivity contribution in [1.82, 2.24) is 9.78 Å². The summed E-state index contributed by atoms with van der Waals surface area (Å²) >= 11 is 5.67. The number of hydrogen-bond acceptors (Lipinski definition) is 5. The monoisotopic (exact) mass is 489 g/mol. The molecule has 0 saturated heterocycles. The number of hydrogen-bond donors (Lipinski definition) is 2. The van der Waals surface area contributed by atoms with Gasteiger partial charge in [0.05, 0.1) is 32.9 Å². The number of aromatic carboxylic acids is 1. The molecule has 1 amide bonds. The second-order valence-corrected chi connectivity index (χ2v) is 9.25. The fourth-order valence-electron chi connectivity index (χ4n) is 2.98. The molecular formula is C22H17ClFN3O5S. The summed E-state index contributed by atoms with van der Waals surface area (Å²) in [5, 5.41) is 13.8. The second kappa shape index (κ2) is 9.39.